The topological polar surface area (TPSA) is 28.7 Å². The highest BCUT2D eigenvalue weighted by atomic mass is 79.9. The molecule has 3 rings (SSSR count). The zero-order valence-electron chi connectivity index (χ0n) is 8.92. The van der Waals surface area contributed by atoms with Crippen LogP contribution in [0, 0.1) is 12.7 Å². The number of halogens is 2. The quantitative estimate of drug-likeness (QED) is 0.704. The largest absolute Gasteiger partial charge is 0.338 e. The minimum atomic E-state index is -0.283. The van der Waals surface area contributed by atoms with Crippen molar-refractivity contribution in [3.8, 4) is 11.4 Å². The van der Waals surface area contributed by atoms with Crippen LogP contribution in [0.1, 0.15) is 5.56 Å². The molecule has 5 heteroatoms. The maximum atomic E-state index is 13.4. The SMILES string of the molecule is Cc1cscc1-c1nc2cc(Br)c(F)cc2[nH]1. The van der Waals surface area contributed by atoms with E-state index in [0.717, 1.165) is 16.9 Å². The molecule has 0 bridgehead atoms. The van der Waals surface area contributed by atoms with Crippen LogP contribution in [0.4, 0.5) is 4.39 Å². The molecule has 0 amide bonds. The molecule has 0 atom stereocenters. The van der Waals surface area contributed by atoms with E-state index in [1.807, 2.05) is 12.3 Å². The number of rotatable bonds is 1. The molecule has 0 unspecified atom stereocenters. The lowest BCUT2D eigenvalue weighted by Crippen LogP contribution is -1.78. The van der Waals surface area contributed by atoms with E-state index in [2.05, 4.69) is 31.3 Å². The van der Waals surface area contributed by atoms with E-state index in [1.54, 1.807) is 17.4 Å². The molecule has 0 radical (unpaired) electrons. The first-order valence-corrected chi connectivity index (χ1v) is 6.76. The van der Waals surface area contributed by atoms with E-state index in [1.165, 1.54) is 11.6 Å². The maximum Gasteiger partial charge on any atom is 0.139 e. The number of imidazole rings is 1. The number of nitrogens with one attached hydrogen (secondary N) is 1. The molecule has 0 aliphatic heterocycles. The molecule has 0 aliphatic carbocycles. The molecule has 0 saturated carbocycles. The Morgan fingerprint density at radius 2 is 2.18 bits per heavy atom. The monoisotopic (exact) mass is 310 g/mol. The van der Waals surface area contributed by atoms with Gasteiger partial charge in [0.25, 0.3) is 0 Å². The molecule has 0 aliphatic rings. The minimum absolute atomic E-state index is 0.283. The van der Waals surface area contributed by atoms with Gasteiger partial charge in [-0.2, -0.15) is 11.3 Å². The first-order chi connectivity index (χ1) is 8.15. The Kier molecular flexibility index (Phi) is 2.52. The van der Waals surface area contributed by atoms with Crippen LogP contribution in [0.3, 0.4) is 0 Å². The predicted molar refractivity (Wildman–Crippen MR) is 71.8 cm³/mol. The second kappa shape index (κ2) is 3.92. The molecule has 17 heavy (non-hydrogen) atoms. The fourth-order valence-electron chi connectivity index (χ4n) is 1.74. The number of hydrogen-bond acceptors (Lipinski definition) is 2. The number of hydrogen-bond donors (Lipinski definition) is 1. The number of fused-ring (bicyclic) bond motifs is 1. The van der Waals surface area contributed by atoms with Gasteiger partial charge in [0.1, 0.15) is 11.6 Å². The second-order valence-electron chi connectivity index (χ2n) is 3.84. The highest BCUT2D eigenvalue weighted by molar-refractivity contribution is 9.10. The molecule has 0 fully saturated rings. The van der Waals surface area contributed by atoms with Gasteiger partial charge in [-0.3, -0.25) is 0 Å². The van der Waals surface area contributed by atoms with Crippen molar-refractivity contribution < 1.29 is 4.39 Å². The van der Waals surface area contributed by atoms with Crippen LogP contribution < -0.4 is 0 Å². The van der Waals surface area contributed by atoms with E-state index in [4.69, 9.17) is 0 Å². The van der Waals surface area contributed by atoms with E-state index >= 15 is 0 Å². The van der Waals surface area contributed by atoms with Gasteiger partial charge in [-0.15, -0.1) is 0 Å². The average Bonchev–Trinajstić information content (AvgIpc) is 2.85. The van der Waals surface area contributed by atoms with E-state index in [0.29, 0.717) is 9.99 Å². The van der Waals surface area contributed by atoms with Crippen molar-refractivity contribution in [3.63, 3.8) is 0 Å². The molecule has 2 nitrogen and oxygen atoms in total. The van der Waals surface area contributed by atoms with Crippen LogP contribution in [0.25, 0.3) is 22.4 Å². The summed E-state index contributed by atoms with van der Waals surface area (Å²) in [5.74, 6) is 0.506. The highest BCUT2D eigenvalue weighted by Crippen LogP contribution is 2.28. The van der Waals surface area contributed by atoms with E-state index in [-0.39, 0.29) is 5.82 Å². The number of H-pyrrole nitrogens is 1. The van der Waals surface area contributed by atoms with Gasteiger partial charge in [-0.25, -0.2) is 9.37 Å². The molecule has 1 N–H and O–H groups in total. The van der Waals surface area contributed by atoms with Gasteiger partial charge in [0.15, 0.2) is 0 Å². The summed E-state index contributed by atoms with van der Waals surface area (Å²) in [7, 11) is 0. The Morgan fingerprint density at radius 3 is 2.88 bits per heavy atom. The molecular formula is C12H8BrFN2S. The molecule has 2 aromatic heterocycles. The lowest BCUT2D eigenvalue weighted by molar-refractivity contribution is 0.623. The van der Waals surface area contributed by atoms with Crippen LogP contribution in [0.15, 0.2) is 27.4 Å². The summed E-state index contributed by atoms with van der Waals surface area (Å²) in [5.41, 5.74) is 3.72. The van der Waals surface area contributed by atoms with Crippen molar-refractivity contribution in [2.24, 2.45) is 0 Å². The first-order valence-electron chi connectivity index (χ1n) is 5.03. The lowest BCUT2D eigenvalue weighted by atomic mass is 10.2. The molecule has 1 aromatic carbocycles. The van der Waals surface area contributed by atoms with Crippen LogP contribution in [0.5, 0.6) is 0 Å². The third-order valence-electron chi connectivity index (χ3n) is 2.63. The zero-order valence-corrected chi connectivity index (χ0v) is 11.3. The number of aromatic amines is 1. The van der Waals surface area contributed by atoms with Crippen LogP contribution >= 0.6 is 27.3 Å². The Balaban J connectivity index is 2.24. The molecule has 3 aromatic rings. The zero-order chi connectivity index (χ0) is 12.0. The van der Waals surface area contributed by atoms with Gasteiger partial charge in [0.2, 0.25) is 0 Å². The van der Waals surface area contributed by atoms with Gasteiger partial charge in [-0.05, 0) is 39.9 Å². The summed E-state index contributed by atoms with van der Waals surface area (Å²) in [6, 6.07) is 3.14. The summed E-state index contributed by atoms with van der Waals surface area (Å²) >= 11 is 4.80. The van der Waals surface area contributed by atoms with Crippen LogP contribution in [-0.4, -0.2) is 9.97 Å². The third-order valence-corrected chi connectivity index (χ3v) is 4.10. The van der Waals surface area contributed by atoms with Crippen LogP contribution in [0.2, 0.25) is 0 Å². The van der Waals surface area contributed by atoms with Crippen LogP contribution in [-0.2, 0) is 0 Å². The Hall–Kier alpha value is -1.20. The Morgan fingerprint density at radius 1 is 1.35 bits per heavy atom. The summed E-state index contributed by atoms with van der Waals surface area (Å²) in [4.78, 5) is 7.61. The normalized spacial score (nSPS) is 11.2. The highest BCUT2D eigenvalue weighted by Gasteiger charge is 2.10. The van der Waals surface area contributed by atoms with Gasteiger partial charge < -0.3 is 4.98 Å². The number of thiophene rings is 1. The van der Waals surface area contributed by atoms with Gasteiger partial charge in [0, 0.05) is 17.0 Å². The average molecular weight is 311 g/mol. The maximum absolute atomic E-state index is 13.4. The van der Waals surface area contributed by atoms with Crippen molar-refractivity contribution in [2.45, 2.75) is 6.92 Å². The van der Waals surface area contributed by atoms with E-state index in [9.17, 15) is 4.39 Å². The predicted octanol–water partition coefficient (Wildman–Crippen LogP) is 4.50. The van der Waals surface area contributed by atoms with Gasteiger partial charge in [-0.1, -0.05) is 0 Å². The number of aryl methyl sites for hydroxylation is 1. The molecule has 2 heterocycles. The fraction of sp³-hybridized carbons (Fsp3) is 0.0833. The van der Waals surface area contributed by atoms with Gasteiger partial charge >= 0.3 is 0 Å². The lowest BCUT2D eigenvalue weighted by Gasteiger charge is -1.92. The standard InChI is InChI=1S/C12H8BrFN2S/c1-6-4-17-5-7(6)12-15-10-2-8(13)9(14)3-11(10)16-12/h2-5H,1H3,(H,15,16). The number of aromatic nitrogens is 2. The Labute approximate surface area is 110 Å². The summed E-state index contributed by atoms with van der Waals surface area (Å²) in [5, 5.41) is 4.11. The van der Waals surface area contributed by atoms with E-state index < -0.39 is 0 Å². The summed E-state index contributed by atoms with van der Waals surface area (Å²) in [6.07, 6.45) is 0. The summed E-state index contributed by atoms with van der Waals surface area (Å²) < 4.78 is 13.8. The first kappa shape index (κ1) is 10.9. The molecule has 86 valence electrons. The third kappa shape index (κ3) is 1.79. The van der Waals surface area contributed by atoms with Crippen molar-refractivity contribution in [3.05, 3.63) is 38.7 Å². The minimum Gasteiger partial charge on any atom is -0.338 e. The molecule has 0 saturated heterocycles. The number of nitrogens with zero attached hydrogens (tertiary/aromatic N) is 1. The smallest absolute Gasteiger partial charge is 0.139 e. The molecular weight excluding hydrogens is 303 g/mol. The van der Waals surface area contributed by atoms with Gasteiger partial charge in [0.05, 0.1) is 15.5 Å². The summed E-state index contributed by atoms with van der Waals surface area (Å²) in [6.45, 7) is 2.04. The molecule has 0 spiro atoms. The van der Waals surface area contributed by atoms with Crippen molar-refractivity contribution in [1.82, 2.24) is 9.97 Å². The van der Waals surface area contributed by atoms with Crippen molar-refractivity contribution >= 4 is 38.3 Å². The number of benzene rings is 1. The van der Waals surface area contributed by atoms with Crippen molar-refractivity contribution in [1.29, 1.82) is 0 Å². The fourth-order valence-corrected chi connectivity index (χ4v) is 2.90. The second-order valence-corrected chi connectivity index (χ2v) is 5.44. The van der Waals surface area contributed by atoms with Crippen molar-refractivity contribution in [2.75, 3.05) is 0 Å². The Bertz CT molecular complexity index is 663.